The molecule has 0 bridgehead atoms. The van der Waals surface area contributed by atoms with Gasteiger partial charge in [-0.05, 0) is 62.1 Å². The maximum absolute atomic E-state index is 13.4. The predicted octanol–water partition coefficient (Wildman–Crippen LogP) is 4.45. The molecule has 0 aliphatic heterocycles. The molecule has 2 aromatic heterocycles. The topological polar surface area (TPSA) is 118 Å². The Morgan fingerprint density at radius 1 is 1.12 bits per heavy atom. The lowest BCUT2D eigenvalue weighted by atomic mass is 10.0. The molecule has 1 aromatic carbocycles. The number of fused-ring (bicyclic) bond motifs is 1. The summed E-state index contributed by atoms with van der Waals surface area (Å²) in [5.41, 5.74) is 1.42. The second-order valence-corrected chi connectivity index (χ2v) is 9.87. The summed E-state index contributed by atoms with van der Waals surface area (Å²) in [5, 5.41) is 3.01. The summed E-state index contributed by atoms with van der Waals surface area (Å²) in [6, 6.07) is 7.20. The Kier molecular flexibility index (Phi) is 8.03. The third-order valence-corrected chi connectivity index (χ3v) is 6.73. The molecule has 2 N–H and O–H groups in total. The van der Waals surface area contributed by atoms with Gasteiger partial charge >= 0.3 is 0 Å². The van der Waals surface area contributed by atoms with Gasteiger partial charge in [0.25, 0.3) is 5.91 Å². The van der Waals surface area contributed by atoms with Crippen LogP contribution in [0.15, 0.2) is 34.7 Å². The first-order chi connectivity index (χ1) is 16.1. The smallest absolute Gasteiger partial charge is 0.255 e. The fourth-order valence-corrected chi connectivity index (χ4v) is 4.78. The number of rotatable bonds is 11. The van der Waals surface area contributed by atoms with Crippen molar-refractivity contribution < 1.29 is 26.8 Å². The van der Waals surface area contributed by atoms with Gasteiger partial charge in [-0.3, -0.25) is 9.52 Å². The molecule has 182 valence electrons. The second kappa shape index (κ2) is 10.8. The van der Waals surface area contributed by atoms with Crippen LogP contribution >= 0.6 is 0 Å². The third kappa shape index (κ3) is 5.99. The number of anilines is 1. The highest BCUT2D eigenvalue weighted by Crippen LogP contribution is 2.35. The van der Waals surface area contributed by atoms with Gasteiger partial charge in [-0.15, -0.1) is 0 Å². The summed E-state index contributed by atoms with van der Waals surface area (Å²) in [4.78, 5) is 28.1. The van der Waals surface area contributed by atoms with E-state index in [4.69, 9.17) is 4.42 Å². The molecule has 2 heterocycles. The van der Waals surface area contributed by atoms with Gasteiger partial charge in [-0.25, -0.2) is 12.8 Å². The van der Waals surface area contributed by atoms with Gasteiger partial charge in [-0.2, -0.15) is 4.98 Å². The van der Waals surface area contributed by atoms with E-state index in [1.54, 1.807) is 6.07 Å². The molecule has 34 heavy (non-hydrogen) atoms. The number of ketones is 1. The summed E-state index contributed by atoms with van der Waals surface area (Å²) in [6.45, 7) is 3.36. The van der Waals surface area contributed by atoms with Crippen LogP contribution in [-0.2, 0) is 21.2 Å². The SMILES string of the molecule is CCc1cc2c(C(=O)NC)c(-c3ccc(F)cc3)oc2nc1NS(=O)(=O)CCCCCC(C)=O. The van der Waals surface area contributed by atoms with E-state index < -0.39 is 21.7 Å². The number of benzene rings is 1. The molecule has 3 rings (SSSR count). The van der Waals surface area contributed by atoms with Crippen LogP contribution in [0.25, 0.3) is 22.4 Å². The minimum Gasteiger partial charge on any atom is -0.437 e. The zero-order valence-corrected chi connectivity index (χ0v) is 20.2. The zero-order chi connectivity index (χ0) is 24.9. The van der Waals surface area contributed by atoms with Crippen LogP contribution in [-0.4, -0.2) is 37.9 Å². The lowest BCUT2D eigenvalue weighted by Gasteiger charge is -2.11. The number of furan rings is 1. The molecule has 0 aliphatic carbocycles. The van der Waals surface area contributed by atoms with Crippen LogP contribution < -0.4 is 10.0 Å². The minimum absolute atomic E-state index is 0.0839. The number of aromatic nitrogens is 1. The predicted molar refractivity (Wildman–Crippen MR) is 129 cm³/mol. The van der Waals surface area contributed by atoms with Crippen molar-refractivity contribution in [2.75, 3.05) is 17.5 Å². The molecular weight excluding hydrogens is 461 g/mol. The van der Waals surface area contributed by atoms with Crippen LogP contribution in [0.2, 0.25) is 0 Å². The number of sulfonamides is 1. The number of hydrogen-bond donors (Lipinski definition) is 2. The second-order valence-electron chi connectivity index (χ2n) is 8.03. The number of pyridine rings is 1. The molecule has 0 saturated carbocycles. The Balaban J connectivity index is 1.95. The van der Waals surface area contributed by atoms with Crippen molar-refractivity contribution in [2.45, 2.75) is 46.0 Å². The molecule has 0 fully saturated rings. The molecular formula is C24H28FN3O5S. The molecule has 0 unspecified atom stereocenters. The largest absolute Gasteiger partial charge is 0.437 e. The van der Waals surface area contributed by atoms with Crippen LogP contribution in [0, 0.1) is 5.82 Å². The van der Waals surface area contributed by atoms with E-state index in [2.05, 4.69) is 15.0 Å². The number of unbranched alkanes of at least 4 members (excludes halogenated alkanes) is 2. The molecule has 1 amide bonds. The third-order valence-electron chi connectivity index (χ3n) is 5.40. The van der Waals surface area contributed by atoms with E-state index >= 15 is 0 Å². The van der Waals surface area contributed by atoms with E-state index in [0.717, 1.165) is 0 Å². The number of halogens is 1. The molecule has 3 aromatic rings. The molecule has 0 saturated heterocycles. The number of Topliss-reactive ketones (excluding diaryl/α,β-unsaturated/α-hetero) is 1. The quantitative estimate of drug-likeness (QED) is 0.384. The van der Waals surface area contributed by atoms with Crippen LogP contribution in [0.1, 0.15) is 55.5 Å². The lowest BCUT2D eigenvalue weighted by molar-refractivity contribution is -0.117. The van der Waals surface area contributed by atoms with Gasteiger partial charge < -0.3 is 14.5 Å². The Labute approximate surface area is 198 Å². The number of nitrogens with one attached hydrogen (secondary N) is 2. The van der Waals surface area contributed by atoms with E-state index in [0.29, 0.717) is 48.6 Å². The first kappa shape index (κ1) is 25.4. The minimum atomic E-state index is -3.68. The lowest BCUT2D eigenvalue weighted by Crippen LogP contribution is -2.19. The summed E-state index contributed by atoms with van der Waals surface area (Å²) in [6.07, 6.45) is 2.60. The van der Waals surface area contributed by atoms with Crippen molar-refractivity contribution in [1.29, 1.82) is 0 Å². The Bertz CT molecular complexity index is 1300. The first-order valence-corrected chi connectivity index (χ1v) is 12.7. The van der Waals surface area contributed by atoms with Crippen LogP contribution in [0.3, 0.4) is 0 Å². The van der Waals surface area contributed by atoms with Gasteiger partial charge in [0, 0.05) is 19.0 Å². The maximum Gasteiger partial charge on any atom is 0.255 e. The number of carbonyl (C=O) groups excluding carboxylic acids is 2. The average molecular weight is 490 g/mol. The molecule has 0 radical (unpaired) electrons. The van der Waals surface area contributed by atoms with Gasteiger partial charge in [0.2, 0.25) is 15.7 Å². The standard InChI is InChI=1S/C24H28FN3O5S/c1-4-16-14-19-20(23(30)26-3)21(17-9-11-18(25)12-10-17)33-24(19)27-22(16)28-34(31,32)13-7-5-6-8-15(2)29/h9-12,14H,4-8,13H2,1-3H3,(H,26,30)(H,27,28). The van der Waals surface area contributed by atoms with Crippen molar-refractivity contribution in [2.24, 2.45) is 0 Å². The number of amides is 1. The first-order valence-electron chi connectivity index (χ1n) is 11.1. The van der Waals surface area contributed by atoms with Crippen LogP contribution in [0.5, 0.6) is 0 Å². The molecule has 0 aliphatic rings. The molecule has 10 heteroatoms. The van der Waals surface area contributed by atoms with E-state index in [9.17, 15) is 22.4 Å². The number of hydrogen-bond acceptors (Lipinski definition) is 6. The molecule has 0 atom stereocenters. The highest BCUT2D eigenvalue weighted by atomic mass is 32.2. The van der Waals surface area contributed by atoms with Crippen molar-refractivity contribution in [3.8, 4) is 11.3 Å². The van der Waals surface area contributed by atoms with Crippen molar-refractivity contribution in [3.63, 3.8) is 0 Å². The van der Waals surface area contributed by atoms with E-state index in [1.807, 2.05) is 6.92 Å². The highest BCUT2D eigenvalue weighted by Gasteiger charge is 2.25. The monoisotopic (exact) mass is 489 g/mol. The van der Waals surface area contributed by atoms with Crippen LogP contribution in [0.4, 0.5) is 10.2 Å². The van der Waals surface area contributed by atoms with Gasteiger partial charge in [0.15, 0.2) is 0 Å². The normalized spacial score (nSPS) is 11.5. The number of aryl methyl sites for hydroxylation is 1. The maximum atomic E-state index is 13.4. The van der Waals surface area contributed by atoms with E-state index in [1.165, 1.54) is 38.2 Å². The summed E-state index contributed by atoms with van der Waals surface area (Å²) in [5.74, 6) is -0.487. The highest BCUT2D eigenvalue weighted by molar-refractivity contribution is 7.92. The Morgan fingerprint density at radius 3 is 2.44 bits per heavy atom. The summed E-state index contributed by atoms with van der Waals surface area (Å²) < 4.78 is 47.1. The Hall–Kier alpha value is -3.27. The Morgan fingerprint density at radius 2 is 1.82 bits per heavy atom. The summed E-state index contributed by atoms with van der Waals surface area (Å²) in [7, 11) is -2.19. The number of nitrogens with zero attached hydrogens (tertiary/aromatic N) is 1. The van der Waals surface area contributed by atoms with Crippen molar-refractivity contribution >= 4 is 38.6 Å². The van der Waals surface area contributed by atoms with Crippen molar-refractivity contribution in [1.82, 2.24) is 10.3 Å². The fraction of sp³-hybridized carbons (Fsp3) is 0.375. The average Bonchev–Trinajstić information content (AvgIpc) is 3.15. The molecule has 0 spiro atoms. The van der Waals surface area contributed by atoms with E-state index in [-0.39, 0.29) is 34.4 Å². The molecule has 8 nitrogen and oxygen atoms in total. The van der Waals surface area contributed by atoms with Gasteiger partial charge in [0.1, 0.15) is 23.2 Å². The van der Waals surface area contributed by atoms with Gasteiger partial charge in [0.05, 0.1) is 16.7 Å². The zero-order valence-electron chi connectivity index (χ0n) is 19.4. The summed E-state index contributed by atoms with van der Waals surface area (Å²) >= 11 is 0. The fourth-order valence-electron chi connectivity index (χ4n) is 3.62. The van der Waals surface area contributed by atoms with Gasteiger partial charge in [-0.1, -0.05) is 13.3 Å². The van der Waals surface area contributed by atoms with Crippen molar-refractivity contribution in [3.05, 3.63) is 47.3 Å². The number of carbonyl (C=O) groups is 2.